The van der Waals surface area contributed by atoms with Gasteiger partial charge in [0, 0.05) is 11.5 Å². The summed E-state index contributed by atoms with van der Waals surface area (Å²) in [5.41, 5.74) is 5.23. The molecule has 0 aliphatic carbocycles. The molecule has 0 aliphatic rings. The third kappa shape index (κ3) is 30.7. The fraction of sp³-hybridized carbons (Fsp3) is 0.581. The number of unbranched alkanes of at least 4 members (excludes halogenated alkanes) is 20. The van der Waals surface area contributed by atoms with E-state index >= 15 is 0 Å². The zero-order valence-corrected chi connectivity index (χ0v) is 45.9. The van der Waals surface area contributed by atoms with Crippen LogP contribution in [0.4, 0.5) is 11.4 Å². The molecule has 0 aromatic heterocycles. The smallest absolute Gasteiger partial charge is 0.534 e. The Morgan fingerprint density at radius 1 is 0.426 bits per heavy atom. The van der Waals surface area contributed by atoms with Gasteiger partial charge in [-0.05, 0) is 113 Å². The summed E-state index contributed by atoms with van der Waals surface area (Å²) in [5.74, 6) is 2.68. The van der Waals surface area contributed by atoms with Crippen LogP contribution in [0.3, 0.4) is 0 Å². The Balaban J connectivity index is 0.000000460. The summed E-state index contributed by atoms with van der Waals surface area (Å²) in [6.45, 7) is 14.1. The van der Waals surface area contributed by atoms with Crippen molar-refractivity contribution in [2.24, 2.45) is 9.98 Å². The minimum absolute atomic E-state index is 0. The molecule has 68 heavy (non-hydrogen) atoms. The first-order valence-corrected chi connectivity index (χ1v) is 27.2. The summed E-state index contributed by atoms with van der Waals surface area (Å²) in [4.78, 5) is 9.18. The molecule has 0 saturated heterocycles. The zero-order valence-electron chi connectivity index (χ0n) is 43.6. The van der Waals surface area contributed by atoms with Gasteiger partial charge in [-0.25, -0.2) is 0 Å². The van der Waals surface area contributed by atoms with Crippen molar-refractivity contribution >= 4 is 23.8 Å². The van der Waals surface area contributed by atoms with E-state index in [0.29, 0.717) is 0 Å². The zero-order chi connectivity index (χ0) is 47.8. The molecule has 6 heteroatoms. The van der Waals surface area contributed by atoms with E-state index in [1.807, 2.05) is 73.1 Å². The summed E-state index contributed by atoms with van der Waals surface area (Å²) in [6.07, 6.45) is 39.3. The number of benzene rings is 4. The Morgan fingerprint density at radius 2 is 0.794 bits per heavy atom. The summed E-state index contributed by atoms with van der Waals surface area (Å²) in [7, 11) is 0. The van der Waals surface area contributed by atoms with Crippen LogP contribution in [0.25, 0.3) is 0 Å². The van der Waals surface area contributed by atoms with Crippen molar-refractivity contribution in [3.8, 4) is 17.2 Å². The molecule has 0 heterocycles. The number of hydrogen-bond acceptors (Lipinski definition) is 5. The van der Waals surface area contributed by atoms with E-state index in [9.17, 15) is 0 Å². The molecule has 2 atom stereocenters. The fourth-order valence-electron chi connectivity index (χ4n) is 8.01. The van der Waals surface area contributed by atoms with E-state index in [0.717, 1.165) is 65.6 Å². The molecule has 0 aliphatic heterocycles. The Labute approximate surface area is 431 Å². The van der Waals surface area contributed by atoms with E-state index in [-0.39, 0.29) is 33.3 Å². The van der Waals surface area contributed by atoms with E-state index < -0.39 is 0 Å². The molecule has 4 aromatic rings. The average Bonchev–Trinajstić information content (AvgIpc) is 3.35. The van der Waals surface area contributed by atoms with E-state index in [1.165, 1.54) is 160 Å². The minimum Gasteiger partial charge on any atom is -0.534 e. The number of ether oxygens (including phenoxy) is 3. The topological polar surface area (TPSA) is 52.4 Å². The minimum atomic E-state index is 0. The van der Waals surface area contributed by atoms with Crippen LogP contribution in [0.15, 0.2) is 94.9 Å². The first kappa shape index (κ1) is 60.4. The third-order valence-corrected chi connectivity index (χ3v) is 12.3. The molecular weight excluding hydrogens is 1020 g/mol. The van der Waals surface area contributed by atoms with Crippen LogP contribution in [0.1, 0.15) is 225 Å². The number of aryl methyl sites for hydroxylation is 1. The second-order valence-electron chi connectivity index (χ2n) is 18.7. The van der Waals surface area contributed by atoms with Crippen LogP contribution >= 0.6 is 0 Å². The third-order valence-electron chi connectivity index (χ3n) is 12.3. The van der Waals surface area contributed by atoms with Gasteiger partial charge in [-0.3, -0.25) is 0 Å². The molecule has 4 rings (SSSR count). The molecule has 0 N–H and O–H groups in total. The van der Waals surface area contributed by atoms with Gasteiger partial charge < -0.3 is 24.2 Å². The van der Waals surface area contributed by atoms with Crippen molar-refractivity contribution in [3.63, 3.8) is 0 Å². The molecular formula is C62H92N2O3Pt. The Kier molecular flexibility index (Phi) is 36.5. The number of nitrogens with zero attached hydrogens (tertiary/aromatic N) is 2. The summed E-state index contributed by atoms with van der Waals surface area (Å²) >= 11 is 0. The van der Waals surface area contributed by atoms with Crippen molar-refractivity contribution in [1.82, 2.24) is 0 Å². The van der Waals surface area contributed by atoms with Gasteiger partial charge in [-0.2, -0.15) is 0 Å². The SMILES string of the molecule is CCCCCCCCCCOc1ccc(N=Cc2[c-]cc(OC(C)CCCCCC)cc2)cc1.CCCCCCCCCCc1ccc(N=Cc2[c-]cc(OC(C)CCCCCC)cc2)cc1.[Pt+2]. The Hall–Kier alpha value is -3.69. The van der Waals surface area contributed by atoms with Gasteiger partial charge >= 0.3 is 21.1 Å². The quantitative estimate of drug-likeness (QED) is 0.0257. The summed E-state index contributed by atoms with van der Waals surface area (Å²) in [6, 6.07) is 35.1. The van der Waals surface area contributed by atoms with Gasteiger partial charge in [0.15, 0.2) is 0 Å². The van der Waals surface area contributed by atoms with Crippen molar-refractivity contribution < 1.29 is 35.3 Å². The first-order chi connectivity index (χ1) is 32.9. The second-order valence-corrected chi connectivity index (χ2v) is 18.7. The van der Waals surface area contributed by atoms with Crippen LogP contribution in [0, 0.1) is 12.1 Å². The van der Waals surface area contributed by atoms with Crippen LogP contribution in [-0.2, 0) is 27.5 Å². The van der Waals surface area contributed by atoms with E-state index in [1.54, 1.807) is 0 Å². The van der Waals surface area contributed by atoms with Crippen molar-refractivity contribution in [2.75, 3.05) is 6.61 Å². The molecule has 5 nitrogen and oxygen atoms in total. The molecule has 0 spiro atoms. The standard InChI is InChI=1S/C31H46NO2.C31H46NO.Pt/c1-4-6-8-10-11-12-13-15-25-33-30-23-19-29(20-24-30)32-26-28-17-21-31(22-18-28)34-27(3)16-14-9-7-5-2;1-4-6-8-10-11-12-13-15-17-28-18-22-30(23-19-28)32-26-29-20-24-31(25-21-29)33-27(3)16-14-9-7-5-2;/h17,19-24,26-27H,4-16,25H2,1-3H3;18-20,22-27H,4-17H2,1-3H3;/q2*-1;+2. The number of aliphatic imine (C=N–C) groups is 2. The monoisotopic (exact) mass is 1110 g/mol. The van der Waals surface area contributed by atoms with E-state index in [2.05, 4.69) is 87.9 Å². The average molecular weight is 1110 g/mol. The largest absolute Gasteiger partial charge is 2.00 e. The van der Waals surface area contributed by atoms with Gasteiger partial charge in [0.2, 0.25) is 0 Å². The molecule has 0 saturated carbocycles. The Bertz CT molecular complexity index is 1790. The van der Waals surface area contributed by atoms with Crippen LogP contribution < -0.4 is 14.2 Å². The second kappa shape index (κ2) is 41.1. The molecule has 4 aromatic carbocycles. The van der Waals surface area contributed by atoms with E-state index in [4.69, 9.17) is 14.2 Å². The molecule has 2 unspecified atom stereocenters. The van der Waals surface area contributed by atoms with Gasteiger partial charge in [0.1, 0.15) is 5.75 Å². The van der Waals surface area contributed by atoms with Crippen LogP contribution in [0.5, 0.6) is 17.2 Å². The maximum Gasteiger partial charge on any atom is 2.00 e. The summed E-state index contributed by atoms with van der Waals surface area (Å²) in [5, 5.41) is 0. The number of hydrogen-bond donors (Lipinski definition) is 0. The van der Waals surface area contributed by atoms with Crippen LogP contribution in [0.2, 0.25) is 0 Å². The Morgan fingerprint density at radius 3 is 1.21 bits per heavy atom. The molecule has 0 bridgehead atoms. The van der Waals surface area contributed by atoms with Crippen LogP contribution in [-0.4, -0.2) is 31.2 Å². The maximum absolute atomic E-state index is 6.02. The molecule has 378 valence electrons. The van der Waals surface area contributed by atoms with Crippen molar-refractivity contribution in [3.05, 3.63) is 114 Å². The van der Waals surface area contributed by atoms with Gasteiger partial charge in [0.25, 0.3) is 0 Å². The molecule has 0 fully saturated rings. The predicted molar refractivity (Wildman–Crippen MR) is 290 cm³/mol. The fourth-order valence-corrected chi connectivity index (χ4v) is 8.01. The van der Waals surface area contributed by atoms with Gasteiger partial charge in [-0.1, -0.05) is 168 Å². The van der Waals surface area contributed by atoms with Gasteiger partial charge in [-0.15, -0.1) is 59.7 Å². The van der Waals surface area contributed by atoms with Crippen molar-refractivity contribution in [1.29, 1.82) is 0 Å². The first-order valence-electron chi connectivity index (χ1n) is 27.2. The van der Waals surface area contributed by atoms with Crippen molar-refractivity contribution in [2.45, 2.75) is 227 Å². The normalized spacial score (nSPS) is 12.1. The molecule has 0 amide bonds. The maximum atomic E-state index is 6.02. The molecule has 0 radical (unpaired) electrons. The number of rotatable bonds is 37. The predicted octanol–water partition coefficient (Wildman–Crippen LogP) is 19.2. The van der Waals surface area contributed by atoms with Gasteiger partial charge in [0.05, 0.1) is 30.2 Å². The summed E-state index contributed by atoms with van der Waals surface area (Å²) < 4.78 is 17.9.